The van der Waals surface area contributed by atoms with Gasteiger partial charge >= 0.3 is 13.8 Å². The van der Waals surface area contributed by atoms with Crippen LogP contribution in [-0.4, -0.2) is 49.9 Å². The van der Waals surface area contributed by atoms with Gasteiger partial charge in [0.15, 0.2) is 0 Å². The number of esters is 1. The summed E-state index contributed by atoms with van der Waals surface area (Å²) in [7, 11) is -4.24. The predicted molar refractivity (Wildman–Crippen MR) is 160 cm³/mol. The number of rotatable bonds is 30. The van der Waals surface area contributed by atoms with Crippen molar-refractivity contribution in [1.82, 2.24) is 0 Å². The lowest BCUT2D eigenvalue weighted by Gasteiger charge is -2.20. The molecule has 0 heterocycles. The van der Waals surface area contributed by atoms with Gasteiger partial charge in [0.25, 0.3) is 0 Å². The largest absolute Gasteiger partial charge is 0.472 e. The summed E-state index contributed by atoms with van der Waals surface area (Å²) in [5.74, 6) is -0.367. The van der Waals surface area contributed by atoms with Crippen molar-refractivity contribution in [2.24, 2.45) is 5.73 Å². The summed E-state index contributed by atoms with van der Waals surface area (Å²) in [4.78, 5) is 21.7. The highest BCUT2D eigenvalue weighted by molar-refractivity contribution is 7.47. The second kappa shape index (κ2) is 28.8. The van der Waals surface area contributed by atoms with Crippen LogP contribution in [0.25, 0.3) is 0 Å². The van der Waals surface area contributed by atoms with E-state index in [0.29, 0.717) is 13.0 Å². The Labute approximate surface area is 239 Å². The number of phosphoric ester groups is 1. The minimum atomic E-state index is -4.24. The van der Waals surface area contributed by atoms with Gasteiger partial charge in [-0.15, -0.1) is 0 Å². The lowest BCUT2D eigenvalue weighted by molar-refractivity contribution is -0.154. The Bertz CT molecular complexity index is 618. The fourth-order valence-corrected chi connectivity index (χ4v) is 4.85. The van der Waals surface area contributed by atoms with Crippen LogP contribution >= 0.6 is 7.82 Å². The van der Waals surface area contributed by atoms with Crippen molar-refractivity contribution >= 4 is 13.8 Å². The molecule has 39 heavy (non-hydrogen) atoms. The molecule has 0 aromatic heterocycles. The van der Waals surface area contributed by atoms with Crippen molar-refractivity contribution in [3.63, 3.8) is 0 Å². The molecule has 0 aromatic carbocycles. The van der Waals surface area contributed by atoms with Gasteiger partial charge in [-0.05, 0) is 38.5 Å². The van der Waals surface area contributed by atoms with E-state index in [1.54, 1.807) is 0 Å². The maximum atomic E-state index is 12.0. The first-order valence-corrected chi connectivity index (χ1v) is 17.2. The Kier molecular flexibility index (Phi) is 28.2. The van der Waals surface area contributed by atoms with Gasteiger partial charge in [0, 0.05) is 19.6 Å². The van der Waals surface area contributed by atoms with Crippen molar-refractivity contribution < 1.29 is 32.8 Å². The average Bonchev–Trinajstić information content (AvgIpc) is 2.92. The summed E-state index contributed by atoms with van der Waals surface area (Å²) in [5.41, 5.74) is 5.29. The topological polar surface area (TPSA) is 117 Å². The van der Waals surface area contributed by atoms with Gasteiger partial charge < -0.3 is 20.1 Å². The third-order valence-corrected chi connectivity index (χ3v) is 7.42. The number of carbonyl (C=O) groups excluding carboxylic acids is 1. The highest BCUT2D eigenvalue weighted by atomic mass is 31.2. The van der Waals surface area contributed by atoms with Crippen LogP contribution in [0.4, 0.5) is 0 Å². The van der Waals surface area contributed by atoms with Gasteiger partial charge in [-0.25, -0.2) is 4.57 Å². The van der Waals surface area contributed by atoms with Crippen LogP contribution in [-0.2, 0) is 27.9 Å². The molecule has 2 unspecified atom stereocenters. The Morgan fingerprint density at radius 2 is 1.28 bits per heavy atom. The number of ether oxygens (including phenoxy) is 2. The van der Waals surface area contributed by atoms with E-state index in [1.807, 2.05) is 6.92 Å². The fourth-order valence-electron chi connectivity index (χ4n) is 4.08. The monoisotopic (exact) mass is 577 g/mol. The smallest absolute Gasteiger partial charge is 0.457 e. The molecule has 0 saturated heterocycles. The van der Waals surface area contributed by atoms with E-state index >= 15 is 0 Å². The molecule has 0 fully saturated rings. The third kappa shape index (κ3) is 28.6. The molecule has 0 bridgehead atoms. The van der Waals surface area contributed by atoms with Crippen LogP contribution in [0.5, 0.6) is 0 Å². The van der Waals surface area contributed by atoms with E-state index in [1.165, 1.54) is 89.9 Å². The zero-order valence-electron chi connectivity index (χ0n) is 25.1. The number of carbonyl (C=O) groups is 1. The summed E-state index contributed by atoms with van der Waals surface area (Å²) < 4.78 is 32.6. The number of hydrogen-bond acceptors (Lipinski definition) is 7. The molecule has 3 N–H and O–H groups in total. The van der Waals surface area contributed by atoms with E-state index in [2.05, 4.69) is 19.1 Å². The number of nitrogens with two attached hydrogens (primary N) is 1. The van der Waals surface area contributed by atoms with Crippen molar-refractivity contribution in [1.29, 1.82) is 0 Å². The molecule has 0 aromatic rings. The Morgan fingerprint density at radius 1 is 0.744 bits per heavy atom. The van der Waals surface area contributed by atoms with Gasteiger partial charge in [-0.1, -0.05) is 103 Å². The Balaban J connectivity index is 3.79. The summed E-state index contributed by atoms with van der Waals surface area (Å²) in [6, 6.07) is 0. The highest BCUT2D eigenvalue weighted by Gasteiger charge is 2.25. The lowest BCUT2D eigenvalue weighted by atomic mass is 10.1. The molecule has 0 rings (SSSR count). The maximum Gasteiger partial charge on any atom is 0.472 e. The van der Waals surface area contributed by atoms with E-state index < -0.39 is 13.9 Å². The van der Waals surface area contributed by atoms with Crippen LogP contribution in [0.3, 0.4) is 0 Å². The highest BCUT2D eigenvalue weighted by Crippen LogP contribution is 2.43. The molecule has 0 aliphatic rings. The van der Waals surface area contributed by atoms with Crippen LogP contribution in [0.15, 0.2) is 12.2 Å². The van der Waals surface area contributed by atoms with Gasteiger partial charge in [0.2, 0.25) is 0 Å². The zero-order valence-corrected chi connectivity index (χ0v) is 26.0. The second-order valence-corrected chi connectivity index (χ2v) is 11.8. The summed E-state index contributed by atoms with van der Waals surface area (Å²) in [6.45, 7) is 4.65. The molecule has 0 aliphatic heterocycles. The third-order valence-electron chi connectivity index (χ3n) is 6.43. The molecule has 0 spiro atoms. The van der Waals surface area contributed by atoms with E-state index in [0.717, 1.165) is 25.7 Å². The van der Waals surface area contributed by atoms with Gasteiger partial charge in [0.05, 0.1) is 19.8 Å². The summed E-state index contributed by atoms with van der Waals surface area (Å²) >= 11 is 0. The quantitative estimate of drug-likeness (QED) is 0.0381. The molecule has 9 heteroatoms. The molecular formula is C30H60NO7P. The molecule has 0 amide bonds. The van der Waals surface area contributed by atoms with Gasteiger partial charge in [-0.2, -0.15) is 0 Å². The minimum absolute atomic E-state index is 0.0953. The first-order chi connectivity index (χ1) is 18.9. The molecule has 0 saturated carbocycles. The molecule has 0 radical (unpaired) electrons. The first-order valence-electron chi connectivity index (χ1n) is 15.7. The fraction of sp³-hybridized carbons (Fsp3) is 0.900. The summed E-state index contributed by atoms with van der Waals surface area (Å²) in [5, 5.41) is 0. The zero-order chi connectivity index (χ0) is 28.9. The van der Waals surface area contributed by atoms with Crippen molar-refractivity contribution in [2.75, 3.05) is 33.0 Å². The van der Waals surface area contributed by atoms with Gasteiger partial charge in [0.1, 0.15) is 6.10 Å². The molecule has 8 nitrogen and oxygen atoms in total. The molecule has 232 valence electrons. The Morgan fingerprint density at radius 3 is 1.85 bits per heavy atom. The maximum absolute atomic E-state index is 12.0. The van der Waals surface area contributed by atoms with Crippen molar-refractivity contribution in [3.8, 4) is 0 Å². The number of allylic oxidation sites excluding steroid dienone is 2. The number of phosphoric acid groups is 1. The van der Waals surface area contributed by atoms with Crippen LogP contribution in [0, 0.1) is 0 Å². The summed E-state index contributed by atoms with van der Waals surface area (Å²) in [6.07, 6.45) is 26.2. The van der Waals surface area contributed by atoms with E-state index in [9.17, 15) is 14.3 Å². The molecule has 0 aliphatic carbocycles. The van der Waals surface area contributed by atoms with Crippen molar-refractivity contribution in [2.45, 2.75) is 142 Å². The minimum Gasteiger partial charge on any atom is -0.457 e. The van der Waals surface area contributed by atoms with E-state index in [-0.39, 0.29) is 32.3 Å². The Hall–Kier alpha value is -0.760. The number of hydrogen-bond donors (Lipinski definition) is 2. The normalized spacial score (nSPS) is 14.1. The van der Waals surface area contributed by atoms with E-state index in [4.69, 9.17) is 24.3 Å². The molecule has 2 atom stereocenters. The van der Waals surface area contributed by atoms with Crippen molar-refractivity contribution in [3.05, 3.63) is 12.2 Å². The van der Waals surface area contributed by atoms with Gasteiger partial charge in [-0.3, -0.25) is 13.8 Å². The van der Waals surface area contributed by atoms with Crippen LogP contribution in [0.2, 0.25) is 0 Å². The first kappa shape index (κ1) is 38.2. The van der Waals surface area contributed by atoms with Crippen LogP contribution < -0.4 is 5.73 Å². The SMILES string of the molecule is CCCCCCCC/C=C\CCCCCCCCCCOCC(COP(=O)(O)OCCN)OC(=O)CCCC. The molecular weight excluding hydrogens is 517 g/mol. The standard InChI is InChI=1S/C30H60NO7P/c1-3-5-7-8-9-10-11-12-13-14-15-16-17-18-19-20-21-22-25-35-27-29(38-30(32)23-6-4-2)28-37-39(33,34)36-26-24-31/h12-13,29H,3-11,14-28,31H2,1-2H3,(H,33,34)/b13-12-. The number of unbranched alkanes of at least 4 members (excludes halogenated alkanes) is 15. The predicted octanol–water partition coefficient (Wildman–Crippen LogP) is 8.02. The second-order valence-electron chi connectivity index (χ2n) is 10.3. The lowest BCUT2D eigenvalue weighted by Crippen LogP contribution is -2.28. The average molecular weight is 578 g/mol. The van der Waals surface area contributed by atoms with Crippen LogP contribution in [0.1, 0.15) is 136 Å².